The summed E-state index contributed by atoms with van der Waals surface area (Å²) in [5.41, 5.74) is 1.82. The summed E-state index contributed by atoms with van der Waals surface area (Å²) in [7, 11) is 0. The highest BCUT2D eigenvalue weighted by Crippen LogP contribution is 2.20. The lowest BCUT2D eigenvalue weighted by Gasteiger charge is -2.14. The molecule has 3 aromatic rings. The predicted molar refractivity (Wildman–Crippen MR) is 106 cm³/mol. The van der Waals surface area contributed by atoms with Crippen molar-refractivity contribution in [1.82, 2.24) is 25.5 Å². The molecule has 0 aliphatic carbocycles. The Morgan fingerprint density at radius 3 is 2.62 bits per heavy atom. The maximum atomic E-state index is 12.2. The van der Waals surface area contributed by atoms with Crippen LogP contribution in [0.1, 0.15) is 18.5 Å². The van der Waals surface area contributed by atoms with Gasteiger partial charge in [0.05, 0.1) is 17.5 Å². The fourth-order valence-corrected chi connectivity index (χ4v) is 3.35. The third-order valence-electron chi connectivity index (χ3n) is 3.59. The van der Waals surface area contributed by atoms with E-state index >= 15 is 0 Å². The van der Waals surface area contributed by atoms with Crippen molar-refractivity contribution in [3.8, 4) is 5.69 Å². The third kappa shape index (κ3) is 4.84. The molecule has 1 heterocycles. The minimum Gasteiger partial charge on any atom is -0.349 e. The number of hydrogen-bond donors (Lipinski definition) is 1. The Kier molecular flexibility index (Phi) is 6.29. The Balaban J connectivity index is 1.59. The van der Waals surface area contributed by atoms with Crippen LogP contribution in [0.2, 0.25) is 5.02 Å². The standard InChI is InChI=1S/C17H15BrClN5OS/c1-11(12-2-4-13(18)5-3-12)20-16(25)10-26-17-21-22-23-24(17)15-8-6-14(19)7-9-15/h2-9,11H,10H2,1H3,(H,20,25). The van der Waals surface area contributed by atoms with Gasteiger partial charge >= 0.3 is 0 Å². The van der Waals surface area contributed by atoms with E-state index in [1.165, 1.54) is 11.8 Å². The Morgan fingerprint density at radius 2 is 1.92 bits per heavy atom. The van der Waals surface area contributed by atoms with Gasteiger partial charge in [0.1, 0.15) is 0 Å². The molecule has 1 unspecified atom stereocenters. The summed E-state index contributed by atoms with van der Waals surface area (Å²) in [6.07, 6.45) is 0. The van der Waals surface area contributed by atoms with Crippen LogP contribution in [-0.4, -0.2) is 31.9 Å². The van der Waals surface area contributed by atoms with Gasteiger partial charge in [-0.1, -0.05) is 51.4 Å². The molecular weight excluding hydrogens is 438 g/mol. The molecule has 26 heavy (non-hydrogen) atoms. The zero-order chi connectivity index (χ0) is 18.5. The minimum atomic E-state index is -0.0870. The second-order valence-electron chi connectivity index (χ2n) is 5.48. The molecule has 134 valence electrons. The van der Waals surface area contributed by atoms with Crippen LogP contribution >= 0.6 is 39.3 Å². The van der Waals surface area contributed by atoms with E-state index < -0.39 is 0 Å². The molecule has 3 rings (SSSR count). The van der Waals surface area contributed by atoms with E-state index in [2.05, 4.69) is 36.8 Å². The number of rotatable bonds is 6. The van der Waals surface area contributed by atoms with Crippen LogP contribution in [0, 0.1) is 0 Å². The molecule has 6 nitrogen and oxygen atoms in total. The average Bonchev–Trinajstić information content (AvgIpc) is 3.09. The molecule has 0 fully saturated rings. The first-order chi connectivity index (χ1) is 12.5. The van der Waals surface area contributed by atoms with E-state index in [-0.39, 0.29) is 17.7 Å². The van der Waals surface area contributed by atoms with Gasteiger partial charge in [0.25, 0.3) is 0 Å². The lowest BCUT2D eigenvalue weighted by Crippen LogP contribution is -2.28. The van der Waals surface area contributed by atoms with Crippen molar-refractivity contribution in [2.75, 3.05) is 5.75 Å². The molecule has 0 bridgehead atoms. The summed E-state index contributed by atoms with van der Waals surface area (Å²) in [6, 6.07) is 14.9. The smallest absolute Gasteiger partial charge is 0.230 e. The first-order valence-corrected chi connectivity index (χ1v) is 9.90. The monoisotopic (exact) mass is 451 g/mol. The van der Waals surface area contributed by atoms with E-state index in [0.717, 1.165) is 15.7 Å². The molecular formula is C17H15BrClN5OS. The van der Waals surface area contributed by atoms with Crippen molar-refractivity contribution in [3.63, 3.8) is 0 Å². The summed E-state index contributed by atoms with van der Waals surface area (Å²) in [5, 5.41) is 15.8. The number of tetrazole rings is 1. The molecule has 0 aliphatic rings. The number of halogens is 2. The van der Waals surface area contributed by atoms with E-state index in [0.29, 0.717) is 10.2 Å². The molecule has 1 atom stereocenters. The fourth-order valence-electron chi connectivity index (χ4n) is 2.26. The average molecular weight is 453 g/mol. The van der Waals surface area contributed by atoms with Gasteiger partial charge in [0, 0.05) is 9.50 Å². The van der Waals surface area contributed by atoms with Gasteiger partial charge in [0.2, 0.25) is 11.1 Å². The molecule has 0 radical (unpaired) electrons. The van der Waals surface area contributed by atoms with Gasteiger partial charge in [0.15, 0.2) is 0 Å². The Hall–Kier alpha value is -1.90. The first kappa shape index (κ1) is 18.9. The highest BCUT2D eigenvalue weighted by atomic mass is 79.9. The van der Waals surface area contributed by atoms with Crippen molar-refractivity contribution < 1.29 is 4.79 Å². The molecule has 1 N–H and O–H groups in total. The van der Waals surface area contributed by atoms with Crippen LogP contribution in [0.25, 0.3) is 5.69 Å². The molecule has 0 aliphatic heterocycles. The Morgan fingerprint density at radius 1 is 1.23 bits per heavy atom. The number of carbonyl (C=O) groups is 1. The SMILES string of the molecule is CC(NC(=O)CSc1nnnn1-c1ccc(Cl)cc1)c1ccc(Br)cc1. The minimum absolute atomic E-state index is 0.0801. The second kappa shape index (κ2) is 8.66. The maximum Gasteiger partial charge on any atom is 0.230 e. The topological polar surface area (TPSA) is 72.7 Å². The molecule has 0 saturated carbocycles. The highest BCUT2D eigenvalue weighted by Gasteiger charge is 2.14. The molecule has 9 heteroatoms. The van der Waals surface area contributed by atoms with Gasteiger partial charge in [-0.2, -0.15) is 4.68 Å². The maximum absolute atomic E-state index is 12.2. The van der Waals surface area contributed by atoms with Gasteiger partial charge < -0.3 is 5.32 Å². The van der Waals surface area contributed by atoms with Gasteiger partial charge in [-0.25, -0.2) is 0 Å². The van der Waals surface area contributed by atoms with Crippen molar-refractivity contribution >= 4 is 45.2 Å². The van der Waals surface area contributed by atoms with Crippen molar-refractivity contribution in [3.05, 3.63) is 63.6 Å². The normalized spacial score (nSPS) is 12.0. The Bertz CT molecular complexity index is 885. The summed E-state index contributed by atoms with van der Waals surface area (Å²) >= 11 is 10.6. The highest BCUT2D eigenvalue weighted by molar-refractivity contribution is 9.10. The summed E-state index contributed by atoms with van der Waals surface area (Å²) < 4.78 is 2.58. The van der Waals surface area contributed by atoms with Gasteiger partial charge in [-0.3, -0.25) is 4.79 Å². The summed E-state index contributed by atoms with van der Waals surface area (Å²) in [5.74, 6) is 0.130. The summed E-state index contributed by atoms with van der Waals surface area (Å²) in [4.78, 5) is 12.2. The van der Waals surface area contributed by atoms with Gasteiger partial charge in [-0.15, -0.1) is 5.10 Å². The summed E-state index contributed by atoms with van der Waals surface area (Å²) in [6.45, 7) is 1.95. The zero-order valence-corrected chi connectivity index (χ0v) is 16.9. The molecule has 1 amide bonds. The quantitative estimate of drug-likeness (QED) is 0.571. The van der Waals surface area contributed by atoms with Crippen LogP contribution in [0.4, 0.5) is 0 Å². The number of nitrogens with one attached hydrogen (secondary N) is 1. The fraction of sp³-hybridized carbons (Fsp3) is 0.176. The number of carbonyl (C=O) groups excluding carboxylic acids is 1. The van der Waals surface area contributed by atoms with Crippen LogP contribution in [-0.2, 0) is 4.79 Å². The molecule has 0 spiro atoms. The third-order valence-corrected chi connectivity index (χ3v) is 5.29. The number of aromatic nitrogens is 4. The van der Waals surface area contributed by atoms with E-state index in [1.807, 2.05) is 43.3 Å². The van der Waals surface area contributed by atoms with Crippen LogP contribution in [0.3, 0.4) is 0 Å². The molecule has 1 aromatic heterocycles. The lowest BCUT2D eigenvalue weighted by atomic mass is 10.1. The second-order valence-corrected chi connectivity index (χ2v) is 7.77. The van der Waals surface area contributed by atoms with E-state index in [1.54, 1.807) is 16.8 Å². The predicted octanol–water partition coefficient (Wildman–Crippen LogP) is 4.05. The number of nitrogens with zero attached hydrogens (tertiary/aromatic N) is 4. The molecule has 0 saturated heterocycles. The van der Waals surface area contributed by atoms with Crippen LogP contribution < -0.4 is 5.32 Å². The number of thioether (sulfide) groups is 1. The van der Waals surface area contributed by atoms with Gasteiger partial charge in [-0.05, 0) is 59.3 Å². The molecule has 2 aromatic carbocycles. The van der Waals surface area contributed by atoms with Crippen molar-refractivity contribution in [2.45, 2.75) is 18.1 Å². The first-order valence-electron chi connectivity index (χ1n) is 7.75. The van der Waals surface area contributed by atoms with Crippen LogP contribution in [0.5, 0.6) is 0 Å². The largest absolute Gasteiger partial charge is 0.349 e. The lowest BCUT2D eigenvalue weighted by molar-refractivity contribution is -0.119. The van der Waals surface area contributed by atoms with Crippen molar-refractivity contribution in [1.29, 1.82) is 0 Å². The zero-order valence-electron chi connectivity index (χ0n) is 13.8. The Labute approximate surface area is 168 Å². The number of benzene rings is 2. The van der Waals surface area contributed by atoms with E-state index in [9.17, 15) is 4.79 Å². The van der Waals surface area contributed by atoms with E-state index in [4.69, 9.17) is 11.6 Å². The van der Waals surface area contributed by atoms with Crippen LogP contribution in [0.15, 0.2) is 58.2 Å². The van der Waals surface area contributed by atoms with Crippen molar-refractivity contribution in [2.24, 2.45) is 0 Å². The number of amides is 1. The number of hydrogen-bond acceptors (Lipinski definition) is 5.